The van der Waals surface area contributed by atoms with E-state index in [-0.39, 0.29) is 22.3 Å². The number of aromatic nitrogens is 2. The molecule has 0 fully saturated rings. The molecular formula is C55H37F3N4. The lowest BCUT2D eigenvalue weighted by atomic mass is 9.92. The molecule has 8 aromatic carbocycles. The maximum atomic E-state index is 15.1. The van der Waals surface area contributed by atoms with Crippen molar-refractivity contribution in [3.05, 3.63) is 191 Å². The monoisotopic (exact) mass is 810 g/mol. The molecule has 2 heterocycles. The van der Waals surface area contributed by atoms with E-state index in [0.717, 1.165) is 94.2 Å². The quantitative estimate of drug-likeness (QED) is 0.174. The van der Waals surface area contributed by atoms with Crippen LogP contribution in [0, 0.1) is 50.4 Å². The fourth-order valence-electron chi connectivity index (χ4n) is 9.49. The van der Waals surface area contributed by atoms with E-state index in [0.29, 0.717) is 11.4 Å². The van der Waals surface area contributed by atoms with E-state index in [2.05, 4.69) is 113 Å². The van der Waals surface area contributed by atoms with Crippen molar-refractivity contribution in [3.8, 4) is 56.9 Å². The van der Waals surface area contributed by atoms with E-state index in [1.54, 1.807) is 12.1 Å². The van der Waals surface area contributed by atoms with Gasteiger partial charge in [-0.1, -0.05) is 114 Å². The van der Waals surface area contributed by atoms with Crippen molar-refractivity contribution in [3.63, 3.8) is 0 Å². The minimum atomic E-state index is -4.78. The molecule has 0 aliphatic heterocycles. The van der Waals surface area contributed by atoms with Crippen LogP contribution in [0.2, 0.25) is 0 Å². The maximum absolute atomic E-state index is 15.1. The van der Waals surface area contributed by atoms with Crippen LogP contribution in [0.15, 0.2) is 152 Å². The SMILES string of the molecule is Cc1ccc(-c2ccc3c4ccccc4n(-c4cc(-c5c(C#N)cccc5C(F)(F)F)cc(-n5c6ccccc6c6ccc(-c7ccc(C)cc7C)cc65)c4C#N)c3c2)c(C)c1. The summed E-state index contributed by atoms with van der Waals surface area (Å²) in [4.78, 5) is 0. The Morgan fingerprint density at radius 2 is 0.935 bits per heavy atom. The number of aryl methyl sites for hydroxylation is 4. The Balaban J connectivity index is 1.38. The number of halogens is 3. The molecule has 0 unspecified atom stereocenters. The smallest absolute Gasteiger partial charge is 0.308 e. The normalized spacial score (nSPS) is 11.8. The summed E-state index contributed by atoms with van der Waals surface area (Å²) in [5.41, 5.74) is 11.5. The summed E-state index contributed by atoms with van der Waals surface area (Å²) >= 11 is 0. The van der Waals surface area contributed by atoms with E-state index in [1.807, 2.05) is 57.7 Å². The minimum Gasteiger partial charge on any atom is -0.308 e. The van der Waals surface area contributed by atoms with Crippen molar-refractivity contribution in [2.45, 2.75) is 33.9 Å². The molecule has 0 amide bonds. The number of nitrogens with zero attached hydrogens (tertiary/aromatic N) is 4. The first-order chi connectivity index (χ1) is 29.9. The zero-order valence-electron chi connectivity index (χ0n) is 34.4. The fourth-order valence-corrected chi connectivity index (χ4v) is 9.49. The molecule has 2 aromatic heterocycles. The van der Waals surface area contributed by atoms with Crippen LogP contribution in [-0.4, -0.2) is 9.13 Å². The molecule has 7 heteroatoms. The first-order valence-electron chi connectivity index (χ1n) is 20.4. The predicted octanol–water partition coefficient (Wildman–Crippen LogP) is 14.9. The van der Waals surface area contributed by atoms with Gasteiger partial charge in [-0.05, 0) is 115 Å². The third-order valence-corrected chi connectivity index (χ3v) is 12.2. The Bertz CT molecular complexity index is 3400. The Labute approximate surface area is 356 Å². The fraction of sp³-hybridized carbons (Fsp3) is 0.0909. The number of para-hydroxylation sites is 2. The summed E-state index contributed by atoms with van der Waals surface area (Å²) in [6, 6.07) is 52.5. The van der Waals surface area contributed by atoms with Gasteiger partial charge in [0.25, 0.3) is 0 Å². The van der Waals surface area contributed by atoms with Crippen molar-refractivity contribution in [1.82, 2.24) is 9.13 Å². The molecule has 4 nitrogen and oxygen atoms in total. The molecule has 0 bridgehead atoms. The molecule has 0 saturated carbocycles. The average molecular weight is 811 g/mol. The molecular weight excluding hydrogens is 774 g/mol. The van der Waals surface area contributed by atoms with E-state index >= 15 is 13.2 Å². The Morgan fingerprint density at radius 1 is 0.452 bits per heavy atom. The Morgan fingerprint density at radius 3 is 1.39 bits per heavy atom. The van der Waals surface area contributed by atoms with Crippen LogP contribution in [0.5, 0.6) is 0 Å². The summed E-state index contributed by atoms with van der Waals surface area (Å²) < 4.78 is 49.4. The van der Waals surface area contributed by atoms with Crippen LogP contribution < -0.4 is 0 Å². The number of benzene rings is 8. The summed E-state index contributed by atoms with van der Waals surface area (Å²) in [7, 11) is 0. The Kier molecular flexibility index (Phi) is 8.91. The lowest BCUT2D eigenvalue weighted by molar-refractivity contribution is -0.137. The highest BCUT2D eigenvalue weighted by Crippen LogP contribution is 2.45. The van der Waals surface area contributed by atoms with E-state index in [4.69, 9.17) is 0 Å². The third kappa shape index (κ3) is 6.05. The minimum absolute atomic E-state index is 0.125. The van der Waals surface area contributed by atoms with Gasteiger partial charge in [-0.25, -0.2) is 0 Å². The highest BCUT2D eigenvalue weighted by Gasteiger charge is 2.35. The average Bonchev–Trinajstić information content (AvgIpc) is 3.77. The van der Waals surface area contributed by atoms with Gasteiger partial charge in [0.1, 0.15) is 11.6 Å². The second kappa shape index (κ2) is 14.4. The molecule has 10 rings (SSSR count). The number of hydrogen-bond acceptors (Lipinski definition) is 2. The van der Waals surface area contributed by atoms with Crippen LogP contribution in [0.3, 0.4) is 0 Å². The van der Waals surface area contributed by atoms with Gasteiger partial charge in [-0.15, -0.1) is 0 Å². The summed E-state index contributed by atoms with van der Waals surface area (Å²) in [5, 5.41) is 25.6. The molecule has 0 aliphatic carbocycles. The molecule has 0 atom stereocenters. The first-order valence-corrected chi connectivity index (χ1v) is 20.4. The van der Waals surface area contributed by atoms with Crippen LogP contribution in [0.4, 0.5) is 13.2 Å². The van der Waals surface area contributed by atoms with Crippen LogP contribution in [-0.2, 0) is 6.18 Å². The highest BCUT2D eigenvalue weighted by molar-refractivity contribution is 6.12. The van der Waals surface area contributed by atoms with Gasteiger partial charge >= 0.3 is 6.18 Å². The van der Waals surface area contributed by atoms with E-state index in [9.17, 15) is 10.5 Å². The van der Waals surface area contributed by atoms with Crippen molar-refractivity contribution >= 4 is 43.6 Å². The second-order valence-corrected chi connectivity index (χ2v) is 16.1. The van der Waals surface area contributed by atoms with Gasteiger partial charge < -0.3 is 9.13 Å². The topological polar surface area (TPSA) is 57.4 Å². The standard InChI is InChI=1S/C55H37F3N4/c1-32-16-20-40(34(3)24-32)36-18-22-44-42-11-5-7-14-48(42)61(50(44)26-36)52-28-39(54-38(30-59)10-9-13-47(54)55(56,57)58)29-53(46(52)31-60)62-49-15-8-6-12-43(49)45-23-19-37(27-51(45)62)41-21-17-33(2)25-35(41)4/h5-29H,1-4H3. The van der Waals surface area contributed by atoms with Gasteiger partial charge in [-0.2, -0.15) is 23.7 Å². The molecule has 62 heavy (non-hydrogen) atoms. The van der Waals surface area contributed by atoms with Crippen molar-refractivity contribution < 1.29 is 13.2 Å². The van der Waals surface area contributed by atoms with E-state index in [1.165, 1.54) is 12.1 Å². The van der Waals surface area contributed by atoms with Gasteiger partial charge in [0.2, 0.25) is 0 Å². The number of fused-ring (bicyclic) bond motifs is 6. The molecule has 0 spiro atoms. The zero-order chi connectivity index (χ0) is 43.0. The van der Waals surface area contributed by atoms with Crippen LogP contribution >= 0.6 is 0 Å². The molecule has 298 valence electrons. The predicted molar refractivity (Wildman–Crippen MR) is 245 cm³/mol. The number of alkyl halides is 3. The largest absolute Gasteiger partial charge is 0.417 e. The van der Waals surface area contributed by atoms with Crippen molar-refractivity contribution in [2.24, 2.45) is 0 Å². The summed E-state index contributed by atoms with van der Waals surface area (Å²) in [6.45, 7) is 8.27. The van der Waals surface area contributed by atoms with Crippen molar-refractivity contribution in [1.29, 1.82) is 10.5 Å². The van der Waals surface area contributed by atoms with Gasteiger partial charge in [0.05, 0.1) is 50.6 Å². The summed E-state index contributed by atoms with van der Waals surface area (Å²) in [6.07, 6.45) is -4.78. The summed E-state index contributed by atoms with van der Waals surface area (Å²) in [5.74, 6) is 0. The van der Waals surface area contributed by atoms with Gasteiger partial charge in [-0.3, -0.25) is 0 Å². The number of rotatable bonds is 5. The lowest BCUT2D eigenvalue weighted by Crippen LogP contribution is -2.10. The molecule has 0 saturated heterocycles. The zero-order valence-corrected chi connectivity index (χ0v) is 34.4. The maximum Gasteiger partial charge on any atom is 0.417 e. The van der Waals surface area contributed by atoms with Crippen molar-refractivity contribution in [2.75, 3.05) is 0 Å². The third-order valence-electron chi connectivity index (χ3n) is 12.2. The van der Waals surface area contributed by atoms with Gasteiger partial charge in [0.15, 0.2) is 0 Å². The van der Waals surface area contributed by atoms with Crippen LogP contribution in [0.25, 0.3) is 88.4 Å². The van der Waals surface area contributed by atoms with E-state index < -0.39 is 11.7 Å². The lowest BCUT2D eigenvalue weighted by Gasteiger charge is -2.21. The molecule has 0 N–H and O–H groups in total. The van der Waals surface area contributed by atoms with Crippen LogP contribution in [0.1, 0.15) is 38.9 Å². The molecule has 0 radical (unpaired) electrons. The Hall–Kier alpha value is -7.87. The molecule has 10 aromatic rings. The highest BCUT2D eigenvalue weighted by atomic mass is 19.4. The second-order valence-electron chi connectivity index (χ2n) is 16.1. The first kappa shape index (κ1) is 38.3. The molecule has 0 aliphatic rings. The van der Waals surface area contributed by atoms with Gasteiger partial charge in [0, 0.05) is 27.1 Å². The number of nitriles is 2. The number of hydrogen-bond donors (Lipinski definition) is 0.